The van der Waals surface area contributed by atoms with Gasteiger partial charge >= 0.3 is 0 Å². The van der Waals surface area contributed by atoms with Crippen molar-refractivity contribution in [3.05, 3.63) is 69.7 Å². The van der Waals surface area contributed by atoms with Crippen LogP contribution >= 0.6 is 15.9 Å². The lowest BCUT2D eigenvalue weighted by atomic mass is 10.1. The molecule has 4 rings (SSSR count). The van der Waals surface area contributed by atoms with E-state index in [1.54, 1.807) is 11.8 Å². The summed E-state index contributed by atoms with van der Waals surface area (Å²) in [6.07, 6.45) is -0.192. The summed E-state index contributed by atoms with van der Waals surface area (Å²) in [5.74, 6) is -0.0594. The Bertz CT molecular complexity index is 1020. The van der Waals surface area contributed by atoms with Crippen molar-refractivity contribution in [2.45, 2.75) is 19.3 Å². The predicted molar refractivity (Wildman–Crippen MR) is 103 cm³/mol. The van der Waals surface area contributed by atoms with Crippen LogP contribution in [0.25, 0.3) is 0 Å². The van der Waals surface area contributed by atoms with Crippen molar-refractivity contribution in [1.82, 2.24) is 15.0 Å². The van der Waals surface area contributed by atoms with Gasteiger partial charge in [0.1, 0.15) is 17.7 Å². The number of nitrogens with zero attached hydrogens (tertiary/aromatic N) is 3. The third-order valence-corrected chi connectivity index (χ3v) is 5.14. The number of rotatable bonds is 4. The molecule has 0 fully saturated rings. The fourth-order valence-electron chi connectivity index (χ4n) is 2.98. The predicted octanol–water partition coefficient (Wildman–Crippen LogP) is 3.71. The third kappa shape index (κ3) is 3.63. The monoisotopic (exact) mass is 446 g/mol. The largest absolute Gasteiger partial charge is 0.497 e. The Balaban J connectivity index is 1.50. The van der Waals surface area contributed by atoms with Crippen LogP contribution in [0.3, 0.4) is 0 Å². The summed E-state index contributed by atoms with van der Waals surface area (Å²) in [7, 11) is 1.62. The molecule has 3 aromatic rings. The smallest absolute Gasteiger partial charge is 0.278 e. The quantitative estimate of drug-likeness (QED) is 0.660. The first-order valence-electron chi connectivity index (χ1n) is 8.49. The van der Waals surface area contributed by atoms with Gasteiger partial charge in [-0.15, -0.1) is 5.10 Å². The van der Waals surface area contributed by atoms with E-state index in [0.717, 1.165) is 11.3 Å². The lowest BCUT2D eigenvalue weighted by Gasteiger charge is -2.24. The summed E-state index contributed by atoms with van der Waals surface area (Å²) in [5.41, 5.74) is 2.22. The number of amides is 1. The summed E-state index contributed by atoms with van der Waals surface area (Å²) in [5, 5.41) is 10.8. The van der Waals surface area contributed by atoms with Crippen LogP contribution in [0, 0.1) is 5.82 Å². The second-order valence-electron chi connectivity index (χ2n) is 6.22. The van der Waals surface area contributed by atoms with Crippen LogP contribution in [0.1, 0.15) is 27.8 Å². The van der Waals surface area contributed by atoms with Crippen LogP contribution in [0.5, 0.6) is 5.75 Å². The molecule has 0 saturated carbocycles. The number of carbonyl (C=O) groups excluding carboxylic acids is 1. The molecule has 0 bridgehead atoms. The molecule has 0 spiro atoms. The van der Waals surface area contributed by atoms with E-state index in [1.807, 2.05) is 24.3 Å². The van der Waals surface area contributed by atoms with Gasteiger partial charge in [-0.1, -0.05) is 17.3 Å². The third-order valence-electron chi connectivity index (χ3n) is 4.48. The summed E-state index contributed by atoms with van der Waals surface area (Å²) in [6.45, 7) is 0.652. The molecule has 1 atom stereocenters. The number of fused-ring (bicyclic) bond motifs is 1. The van der Waals surface area contributed by atoms with Crippen molar-refractivity contribution in [3.63, 3.8) is 0 Å². The molecule has 144 valence electrons. The van der Waals surface area contributed by atoms with Crippen molar-refractivity contribution in [1.29, 1.82) is 0 Å². The number of methoxy groups -OCH3 is 1. The lowest BCUT2D eigenvalue weighted by Crippen LogP contribution is -2.24. The molecule has 1 amide bonds. The Morgan fingerprint density at radius 2 is 2.11 bits per heavy atom. The highest BCUT2D eigenvalue weighted by Crippen LogP contribution is 2.29. The molecule has 2 aromatic carbocycles. The van der Waals surface area contributed by atoms with Gasteiger partial charge in [0.2, 0.25) is 0 Å². The van der Waals surface area contributed by atoms with E-state index in [2.05, 4.69) is 31.6 Å². The maximum atomic E-state index is 13.2. The normalized spacial score (nSPS) is 15.8. The zero-order chi connectivity index (χ0) is 19.7. The second-order valence-corrected chi connectivity index (χ2v) is 7.07. The number of hydrogen-bond acceptors (Lipinski definition) is 5. The van der Waals surface area contributed by atoms with E-state index in [-0.39, 0.29) is 18.4 Å². The molecule has 2 heterocycles. The number of carbonyl (C=O) groups is 1. The molecule has 0 saturated heterocycles. The minimum Gasteiger partial charge on any atom is -0.497 e. The fourth-order valence-corrected chi connectivity index (χ4v) is 3.43. The highest BCUT2D eigenvalue weighted by molar-refractivity contribution is 9.10. The number of hydrogen-bond donors (Lipinski definition) is 1. The summed E-state index contributed by atoms with van der Waals surface area (Å²) < 4.78 is 26.4. The molecule has 1 aliphatic rings. The molecule has 0 aliphatic carbocycles. The second kappa shape index (κ2) is 7.69. The van der Waals surface area contributed by atoms with Crippen LogP contribution in [-0.2, 0) is 17.9 Å². The van der Waals surface area contributed by atoms with E-state index < -0.39 is 11.7 Å². The van der Waals surface area contributed by atoms with Crippen LogP contribution in [0.15, 0.2) is 46.9 Å². The number of ether oxygens (including phenoxy) is 2. The van der Waals surface area contributed by atoms with Crippen LogP contribution in [0.4, 0.5) is 10.1 Å². The van der Waals surface area contributed by atoms with Crippen LogP contribution in [0.2, 0.25) is 0 Å². The molecule has 7 nitrogen and oxygen atoms in total. The van der Waals surface area contributed by atoms with Crippen LogP contribution < -0.4 is 10.1 Å². The van der Waals surface area contributed by atoms with Crippen molar-refractivity contribution in [2.24, 2.45) is 0 Å². The van der Waals surface area contributed by atoms with Gasteiger partial charge in [0.25, 0.3) is 5.91 Å². The molecule has 1 aliphatic heterocycles. The Kier molecular flexibility index (Phi) is 5.10. The topological polar surface area (TPSA) is 78.3 Å². The molecule has 9 heteroatoms. The Hall–Kier alpha value is -2.78. The zero-order valence-corrected chi connectivity index (χ0v) is 16.4. The van der Waals surface area contributed by atoms with Crippen molar-refractivity contribution in [2.75, 3.05) is 12.4 Å². The molecule has 0 unspecified atom stereocenters. The molecular weight excluding hydrogens is 431 g/mol. The van der Waals surface area contributed by atoms with Crippen molar-refractivity contribution < 1.29 is 18.7 Å². The first-order chi connectivity index (χ1) is 13.5. The molecule has 1 N–H and O–H groups in total. The van der Waals surface area contributed by atoms with Crippen LogP contribution in [-0.4, -0.2) is 28.0 Å². The standard InChI is InChI=1S/C19H16BrFN4O3/c1-27-13-5-2-11(3-6-13)17-9-25-16(10-28-17)18(23-24-25)19(26)22-15-7-4-12(21)8-14(15)20/h2-8,17H,9-10H2,1H3,(H,22,26)/t17-/m1/s1. The van der Waals surface area contributed by atoms with E-state index in [0.29, 0.717) is 22.4 Å². The maximum absolute atomic E-state index is 13.2. The maximum Gasteiger partial charge on any atom is 0.278 e. The Morgan fingerprint density at radius 3 is 2.82 bits per heavy atom. The van der Waals surface area contributed by atoms with Gasteiger partial charge < -0.3 is 14.8 Å². The van der Waals surface area contributed by atoms with E-state index >= 15 is 0 Å². The number of anilines is 1. The minimum atomic E-state index is -0.431. The SMILES string of the molecule is COc1ccc([C@H]2Cn3nnc(C(=O)Nc4ccc(F)cc4Br)c3CO2)cc1. The highest BCUT2D eigenvalue weighted by Gasteiger charge is 2.28. The lowest BCUT2D eigenvalue weighted by molar-refractivity contribution is -0.00173. The summed E-state index contributed by atoms with van der Waals surface area (Å²) >= 11 is 3.23. The molecule has 0 radical (unpaired) electrons. The van der Waals surface area contributed by atoms with Gasteiger partial charge in [-0.05, 0) is 51.8 Å². The van der Waals surface area contributed by atoms with Crippen molar-refractivity contribution >= 4 is 27.5 Å². The number of aromatic nitrogens is 3. The number of benzene rings is 2. The number of halogens is 2. The first-order valence-corrected chi connectivity index (χ1v) is 9.29. The van der Waals surface area contributed by atoms with Crippen molar-refractivity contribution in [3.8, 4) is 5.75 Å². The van der Waals surface area contributed by atoms with Gasteiger partial charge in [-0.25, -0.2) is 9.07 Å². The van der Waals surface area contributed by atoms with Gasteiger partial charge in [-0.3, -0.25) is 4.79 Å². The molecule has 28 heavy (non-hydrogen) atoms. The van der Waals surface area contributed by atoms with E-state index in [1.165, 1.54) is 18.2 Å². The fraction of sp³-hybridized carbons (Fsp3) is 0.211. The molecule has 1 aromatic heterocycles. The van der Waals surface area contributed by atoms with E-state index in [9.17, 15) is 9.18 Å². The first kappa shape index (κ1) is 18.6. The van der Waals surface area contributed by atoms with Gasteiger partial charge in [0, 0.05) is 4.47 Å². The summed E-state index contributed by atoms with van der Waals surface area (Å²) in [6, 6.07) is 11.6. The number of nitrogens with one attached hydrogen (secondary N) is 1. The zero-order valence-electron chi connectivity index (χ0n) is 14.9. The van der Waals surface area contributed by atoms with Gasteiger partial charge in [0.15, 0.2) is 5.69 Å². The van der Waals surface area contributed by atoms with Gasteiger partial charge in [-0.2, -0.15) is 0 Å². The highest BCUT2D eigenvalue weighted by atomic mass is 79.9. The Morgan fingerprint density at radius 1 is 1.32 bits per heavy atom. The molecular formula is C19H16BrFN4O3. The minimum absolute atomic E-state index is 0.185. The Labute approximate surface area is 168 Å². The van der Waals surface area contributed by atoms with E-state index in [4.69, 9.17) is 9.47 Å². The summed E-state index contributed by atoms with van der Waals surface area (Å²) in [4.78, 5) is 12.6. The average Bonchev–Trinajstić information content (AvgIpc) is 3.13. The average molecular weight is 447 g/mol. The van der Waals surface area contributed by atoms with Gasteiger partial charge in [0.05, 0.1) is 31.6 Å².